The van der Waals surface area contributed by atoms with E-state index >= 15 is 0 Å². The Bertz CT molecular complexity index is 1940. The Kier molecular flexibility index (Phi) is 17.1. The molecule has 0 saturated heterocycles. The summed E-state index contributed by atoms with van der Waals surface area (Å²) in [4.78, 5) is 51.3. The van der Waals surface area contributed by atoms with Crippen molar-refractivity contribution in [2.75, 3.05) is 19.8 Å². The summed E-state index contributed by atoms with van der Waals surface area (Å²) in [5.41, 5.74) is 0.781. The minimum absolute atomic E-state index is 0.105. The lowest BCUT2D eigenvalue weighted by atomic mass is 9.87. The normalized spacial score (nSPS) is 17.5. The van der Waals surface area contributed by atoms with Gasteiger partial charge in [0.2, 0.25) is 0 Å². The van der Waals surface area contributed by atoms with Gasteiger partial charge in [0.15, 0.2) is 11.2 Å². The van der Waals surface area contributed by atoms with E-state index in [1.807, 2.05) is 60.7 Å². The predicted molar refractivity (Wildman–Crippen MR) is 233 cm³/mol. The third-order valence-corrected chi connectivity index (χ3v) is 11.9. The molecule has 4 aromatic carbocycles. The SMILES string of the molecule is O=C(CCCCCCCCCCCCCCC(=O)OC[C@@]1(CO)OC(=O)c2c(OCc3ccccc3)cccc21)CC[C@@]1(CO)OC(=O)c2c(OCc3ccccc3)cccc21. The quantitative estimate of drug-likeness (QED) is 0.0319. The lowest BCUT2D eigenvalue weighted by molar-refractivity contribution is -0.154. The number of cyclic esters (lactones) is 2. The zero-order valence-corrected chi connectivity index (χ0v) is 35.7. The van der Waals surface area contributed by atoms with Crippen molar-refractivity contribution in [1.82, 2.24) is 0 Å². The second-order valence-corrected chi connectivity index (χ2v) is 16.4. The number of Topliss-reactive ketones (excluding diaryl/α,β-unsaturated/α-hetero) is 1. The van der Waals surface area contributed by atoms with Crippen LogP contribution in [0.5, 0.6) is 11.5 Å². The minimum atomic E-state index is -1.46. The molecule has 62 heavy (non-hydrogen) atoms. The minimum Gasteiger partial charge on any atom is -0.488 e. The Labute approximate surface area is 364 Å². The fraction of sp³-hybridized carbons (Fsp3) is 0.451. The van der Waals surface area contributed by atoms with Crippen LogP contribution in [0.4, 0.5) is 0 Å². The second-order valence-electron chi connectivity index (χ2n) is 16.4. The van der Waals surface area contributed by atoms with Crippen molar-refractivity contribution in [2.24, 2.45) is 0 Å². The molecule has 0 spiro atoms. The van der Waals surface area contributed by atoms with Crippen LogP contribution in [-0.4, -0.2) is 53.7 Å². The fourth-order valence-corrected chi connectivity index (χ4v) is 8.27. The fourth-order valence-electron chi connectivity index (χ4n) is 8.27. The van der Waals surface area contributed by atoms with Crippen molar-refractivity contribution in [3.8, 4) is 11.5 Å². The number of rotatable bonds is 28. The molecular weight excluding hydrogens is 789 g/mol. The van der Waals surface area contributed by atoms with Gasteiger partial charge in [-0.05, 0) is 36.1 Å². The molecule has 2 aliphatic heterocycles. The first-order valence-electron chi connectivity index (χ1n) is 22.2. The first-order valence-corrected chi connectivity index (χ1v) is 22.2. The molecule has 2 atom stereocenters. The Morgan fingerprint density at radius 2 is 0.935 bits per heavy atom. The molecule has 11 heteroatoms. The third kappa shape index (κ3) is 12.1. The molecule has 0 aromatic heterocycles. The maximum Gasteiger partial charge on any atom is 0.343 e. The summed E-state index contributed by atoms with van der Waals surface area (Å²) >= 11 is 0. The highest BCUT2D eigenvalue weighted by Crippen LogP contribution is 2.44. The molecule has 0 fully saturated rings. The average molecular weight is 849 g/mol. The average Bonchev–Trinajstić information content (AvgIpc) is 3.77. The molecule has 0 aliphatic carbocycles. The van der Waals surface area contributed by atoms with Crippen LogP contribution in [-0.2, 0) is 48.2 Å². The van der Waals surface area contributed by atoms with Gasteiger partial charge in [0, 0.05) is 36.8 Å². The number of hydrogen-bond donors (Lipinski definition) is 2. The van der Waals surface area contributed by atoms with Crippen LogP contribution < -0.4 is 9.47 Å². The van der Waals surface area contributed by atoms with E-state index in [-0.39, 0.29) is 49.8 Å². The number of carbonyl (C=O) groups is 4. The number of carbonyl (C=O) groups excluding carboxylic acids is 4. The molecule has 2 N–H and O–H groups in total. The van der Waals surface area contributed by atoms with Gasteiger partial charge in [0.1, 0.15) is 48.2 Å². The van der Waals surface area contributed by atoms with E-state index in [4.69, 9.17) is 23.7 Å². The molecule has 4 aromatic rings. The molecule has 330 valence electrons. The van der Waals surface area contributed by atoms with Crippen LogP contribution >= 0.6 is 0 Å². The van der Waals surface area contributed by atoms with E-state index in [1.165, 1.54) is 12.8 Å². The number of esters is 3. The molecule has 0 unspecified atom stereocenters. The van der Waals surface area contributed by atoms with E-state index in [2.05, 4.69) is 0 Å². The lowest BCUT2D eigenvalue weighted by Gasteiger charge is -2.26. The van der Waals surface area contributed by atoms with Crippen LogP contribution in [0.25, 0.3) is 0 Å². The number of aliphatic hydroxyl groups excluding tert-OH is 2. The second kappa shape index (κ2) is 23.1. The number of hydrogen-bond acceptors (Lipinski definition) is 11. The maximum absolute atomic E-state index is 13.0. The van der Waals surface area contributed by atoms with E-state index < -0.39 is 36.4 Å². The van der Waals surface area contributed by atoms with Crippen molar-refractivity contribution < 1.29 is 53.1 Å². The lowest BCUT2D eigenvalue weighted by Crippen LogP contribution is -2.37. The molecule has 0 radical (unpaired) electrons. The number of ether oxygens (including phenoxy) is 5. The molecule has 2 aliphatic rings. The van der Waals surface area contributed by atoms with Gasteiger partial charge >= 0.3 is 17.9 Å². The van der Waals surface area contributed by atoms with Gasteiger partial charge in [-0.25, -0.2) is 9.59 Å². The zero-order valence-electron chi connectivity index (χ0n) is 35.7. The van der Waals surface area contributed by atoms with E-state index in [0.717, 1.165) is 68.9 Å². The first-order chi connectivity index (χ1) is 30.3. The number of ketones is 1. The van der Waals surface area contributed by atoms with Gasteiger partial charge in [0.25, 0.3) is 0 Å². The van der Waals surface area contributed by atoms with Crippen molar-refractivity contribution in [2.45, 2.75) is 127 Å². The molecule has 0 saturated carbocycles. The van der Waals surface area contributed by atoms with Crippen molar-refractivity contribution in [3.05, 3.63) is 130 Å². The number of fused-ring (bicyclic) bond motifs is 2. The maximum atomic E-state index is 13.0. The Morgan fingerprint density at radius 3 is 1.42 bits per heavy atom. The predicted octanol–water partition coefficient (Wildman–Crippen LogP) is 9.61. The Morgan fingerprint density at radius 1 is 0.500 bits per heavy atom. The van der Waals surface area contributed by atoms with E-state index in [1.54, 1.807) is 36.4 Å². The highest BCUT2D eigenvalue weighted by atomic mass is 16.6. The first kappa shape index (κ1) is 46.0. The molecular formula is C51H60O11. The zero-order chi connectivity index (χ0) is 43.6. The van der Waals surface area contributed by atoms with Crippen molar-refractivity contribution in [1.29, 1.82) is 0 Å². The number of aliphatic hydroxyl groups is 2. The van der Waals surface area contributed by atoms with Crippen LogP contribution in [0.1, 0.15) is 146 Å². The van der Waals surface area contributed by atoms with E-state index in [0.29, 0.717) is 47.6 Å². The standard InChI is InChI=1S/C51H60O11/c52-35-50(41-26-19-28-43(46(41)48(56)61-50)58-33-38-21-13-11-14-22-38)32-31-40(54)25-17-9-7-5-3-1-2-4-6-8-10-18-30-45(55)60-37-51(36-53)42-27-20-29-44(47(42)49(57)62-51)59-34-39-23-15-12-16-24-39/h11-16,19-24,26-29,52-53H,1-10,17-18,25,30-37H2/t50-,51+/m0/s1. The molecule has 11 nitrogen and oxygen atoms in total. The van der Waals surface area contributed by atoms with E-state index in [9.17, 15) is 29.4 Å². The van der Waals surface area contributed by atoms with Crippen molar-refractivity contribution >= 4 is 23.7 Å². The van der Waals surface area contributed by atoms with Crippen LogP contribution in [0, 0.1) is 0 Å². The van der Waals surface area contributed by atoms with Gasteiger partial charge < -0.3 is 33.9 Å². The number of benzene rings is 4. The topological polar surface area (TPSA) is 155 Å². The van der Waals surface area contributed by atoms with Crippen LogP contribution in [0.2, 0.25) is 0 Å². The molecule has 6 rings (SSSR count). The van der Waals surface area contributed by atoms with Gasteiger partial charge in [0.05, 0.1) is 13.2 Å². The number of unbranched alkanes of at least 4 members (excludes halogenated alkanes) is 11. The van der Waals surface area contributed by atoms with Crippen LogP contribution in [0.15, 0.2) is 97.1 Å². The Hall–Kier alpha value is -5.52. The Balaban J connectivity index is 0.774. The summed E-state index contributed by atoms with van der Waals surface area (Å²) in [6, 6.07) is 29.6. The summed E-state index contributed by atoms with van der Waals surface area (Å²) in [5, 5.41) is 20.7. The molecule has 2 heterocycles. The molecule has 0 bridgehead atoms. The highest BCUT2D eigenvalue weighted by Gasteiger charge is 2.49. The summed E-state index contributed by atoms with van der Waals surface area (Å²) in [6.45, 7) is -0.633. The van der Waals surface area contributed by atoms with Gasteiger partial charge in [-0.15, -0.1) is 0 Å². The summed E-state index contributed by atoms with van der Waals surface area (Å²) in [7, 11) is 0. The molecule has 0 amide bonds. The highest BCUT2D eigenvalue weighted by molar-refractivity contribution is 5.98. The van der Waals surface area contributed by atoms with Crippen LogP contribution in [0.3, 0.4) is 0 Å². The third-order valence-electron chi connectivity index (χ3n) is 11.9. The van der Waals surface area contributed by atoms with Gasteiger partial charge in [-0.1, -0.05) is 149 Å². The summed E-state index contributed by atoms with van der Waals surface area (Å²) < 4.78 is 28.8. The van der Waals surface area contributed by atoms with Gasteiger partial charge in [-0.3, -0.25) is 9.59 Å². The summed E-state index contributed by atoms with van der Waals surface area (Å²) in [6.07, 6.45) is 13.6. The largest absolute Gasteiger partial charge is 0.488 e. The summed E-state index contributed by atoms with van der Waals surface area (Å²) in [5.74, 6) is -0.680. The van der Waals surface area contributed by atoms with Crippen molar-refractivity contribution in [3.63, 3.8) is 0 Å². The van der Waals surface area contributed by atoms with Gasteiger partial charge in [-0.2, -0.15) is 0 Å². The monoisotopic (exact) mass is 848 g/mol. The smallest absolute Gasteiger partial charge is 0.343 e.